The lowest BCUT2D eigenvalue weighted by atomic mass is 10.5. The second-order valence-corrected chi connectivity index (χ2v) is 8.26. The molecule has 2 atom stereocenters. The van der Waals surface area contributed by atoms with Crippen LogP contribution in [0.1, 0.15) is 13.2 Å². The summed E-state index contributed by atoms with van der Waals surface area (Å²) in [5.74, 6) is 0.216. The van der Waals surface area contributed by atoms with Gasteiger partial charge in [0.1, 0.15) is 24.1 Å². The van der Waals surface area contributed by atoms with Crippen molar-refractivity contribution in [1.29, 1.82) is 0 Å². The van der Waals surface area contributed by atoms with Gasteiger partial charge in [0.25, 0.3) is 0 Å². The van der Waals surface area contributed by atoms with Crippen molar-refractivity contribution in [1.82, 2.24) is 9.55 Å². The molecule has 0 bridgehead atoms. The molecule has 2 unspecified atom stereocenters. The zero-order valence-corrected chi connectivity index (χ0v) is 16.0. The van der Waals surface area contributed by atoms with Crippen LogP contribution in [0.4, 0.5) is 10.6 Å². The van der Waals surface area contributed by atoms with Gasteiger partial charge in [-0.3, -0.25) is 9.36 Å². The molecular weight excluding hydrogens is 389 g/mol. The van der Waals surface area contributed by atoms with Crippen molar-refractivity contribution in [3.63, 3.8) is 0 Å². The van der Waals surface area contributed by atoms with E-state index in [9.17, 15) is 18.9 Å². The zero-order chi connectivity index (χ0) is 19.3. The van der Waals surface area contributed by atoms with Crippen molar-refractivity contribution in [2.45, 2.75) is 18.6 Å². The first kappa shape index (κ1) is 20.6. The highest BCUT2D eigenvalue weighted by Crippen LogP contribution is 2.48. The molecule has 11 nitrogen and oxygen atoms in total. The normalized spacial score (nSPS) is 20.0. The first-order valence-corrected chi connectivity index (χ1v) is 9.91. The molecule has 26 heavy (non-hydrogen) atoms. The number of thioether (sulfide) groups is 1. The fraction of sp³-hybridized carbons (Fsp3) is 0.538. The Bertz CT molecular complexity index is 777. The van der Waals surface area contributed by atoms with Gasteiger partial charge in [-0.05, 0) is 6.07 Å². The molecule has 2 rings (SSSR count). The molecule has 0 saturated carbocycles. The van der Waals surface area contributed by atoms with Crippen molar-refractivity contribution < 1.29 is 32.7 Å². The van der Waals surface area contributed by atoms with Gasteiger partial charge in [0, 0.05) is 33.1 Å². The van der Waals surface area contributed by atoms with E-state index in [1.165, 1.54) is 35.5 Å². The number of amides is 1. The maximum Gasteiger partial charge on any atom is 0.437 e. The maximum absolute atomic E-state index is 12.0. The maximum atomic E-state index is 12.0. The fourth-order valence-corrected chi connectivity index (χ4v) is 3.67. The van der Waals surface area contributed by atoms with Crippen LogP contribution >= 0.6 is 19.4 Å². The predicted octanol–water partition coefficient (Wildman–Crippen LogP) is 1.41. The van der Waals surface area contributed by atoms with Gasteiger partial charge in [-0.15, -0.1) is 11.8 Å². The number of aromatic nitrogens is 2. The van der Waals surface area contributed by atoms with Crippen molar-refractivity contribution in [2.24, 2.45) is 0 Å². The van der Waals surface area contributed by atoms with Crippen LogP contribution < -0.4 is 11.0 Å². The van der Waals surface area contributed by atoms with Crippen molar-refractivity contribution >= 4 is 36.8 Å². The Morgan fingerprint density at radius 3 is 2.73 bits per heavy atom. The third-order valence-corrected chi connectivity index (χ3v) is 5.86. The number of nitrogens with zero attached hydrogens (tertiary/aromatic N) is 2. The largest absolute Gasteiger partial charge is 0.453 e. The van der Waals surface area contributed by atoms with Crippen molar-refractivity contribution in [3.05, 3.63) is 22.7 Å². The SMILES string of the molecule is COP(=O)(OC)C(=O)OCC1OC(n2ccc(NC(C)=O)nc2=O)CS1. The van der Waals surface area contributed by atoms with Gasteiger partial charge in [-0.1, -0.05) is 0 Å². The van der Waals surface area contributed by atoms with E-state index in [0.29, 0.717) is 5.75 Å². The molecule has 1 fully saturated rings. The van der Waals surface area contributed by atoms with Crippen molar-refractivity contribution in [2.75, 3.05) is 31.9 Å². The topological polar surface area (TPSA) is 135 Å². The monoisotopic (exact) mass is 407 g/mol. The molecule has 1 aliphatic rings. The Morgan fingerprint density at radius 2 is 2.15 bits per heavy atom. The minimum atomic E-state index is -3.95. The number of hydrogen-bond donors (Lipinski definition) is 1. The third kappa shape index (κ3) is 4.92. The van der Waals surface area contributed by atoms with Crippen LogP contribution in [-0.2, 0) is 27.9 Å². The summed E-state index contributed by atoms with van der Waals surface area (Å²) in [5, 5.41) is 2.41. The summed E-state index contributed by atoms with van der Waals surface area (Å²) < 4.78 is 32.7. The predicted molar refractivity (Wildman–Crippen MR) is 92.1 cm³/mol. The van der Waals surface area contributed by atoms with E-state index in [4.69, 9.17) is 9.47 Å². The number of carbonyl (C=O) groups is 2. The lowest BCUT2D eigenvalue weighted by Gasteiger charge is -2.16. The molecule has 0 spiro atoms. The Balaban J connectivity index is 1.94. The van der Waals surface area contributed by atoms with E-state index in [2.05, 4.69) is 19.3 Å². The lowest BCUT2D eigenvalue weighted by Crippen LogP contribution is -2.29. The van der Waals surface area contributed by atoms with Crippen LogP contribution in [-0.4, -0.2) is 53.2 Å². The van der Waals surface area contributed by atoms with E-state index in [-0.39, 0.29) is 18.3 Å². The van der Waals surface area contributed by atoms with Gasteiger partial charge in [0.2, 0.25) is 5.91 Å². The quantitative estimate of drug-likeness (QED) is 0.661. The molecule has 0 aromatic carbocycles. The highest BCUT2D eigenvalue weighted by molar-refractivity contribution is 8.00. The first-order valence-electron chi connectivity index (χ1n) is 7.31. The van der Waals surface area contributed by atoms with Gasteiger partial charge >= 0.3 is 19.0 Å². The second-order valence-electron chi connectivity index (χ2n) is 4.98. The molecule has 1 saturated heterocycles. The van der Waals surface area contributed by atoms with Crippen LogP contribution in [0.15, 0.2) is 17.1 Å². The Morgan fingerprint density at radius 1 is 1.46 bits per heavy atom. The smallest absolute Gasteiger partial charge is 0.437 e. The summed E-state index contributed by atoms with van der Waals surface area (Å²) in [6.07, 6.45) is 0.830. The molecule has 0 aliphatic carbocycles. The van der Waals surface area contributed by atoms with Crippen LogP contribution in [0, 0.1) is 0 Å². The molecular formula is C13H18N3O8PS. The van der Waals surface area contributed by atoms with Gasteiger partial charge < -0.3 is 23.8 Å². The molecule has 144 valence electrons. The number of hydrogen-bond acceptors (Lipinski definition) is 10. The molecule has 1 aromatic rings. The Kier molecular flexibility index (Phi) is 6.95. The molecule has 2 heterocycles. The minimum Gasteiger partial charge on any atom is -0.453 e. The zero-order valence-electron chi connectivity index (χ0n) is 14.2. The fourth-order valence-electron chi connectivity index (χ4n) is 2.00. The van der Waals surface area contributed by atoms with Gasteiger partial charge in [0.05, 0.1) is 0 Å². The summed E-state index contributed by atoms with van der Waals surface area (Å²) in [6.45, 7) is 1.12. The molecule has 13 heteroatoms. The van der Waals surface area contributed by atoms with Crippen LogP contribution in [0.2, 0.25) is 0 Å². The number of ether oxygens (including phenoxy) is 2. The number of nitrogens with one attached hydrogen (secondary N) is 1. The molecule has 1 aliphatic heterocycles. The van der Waals surface area contributed by atoms with E-state index in [0.717, 1.165) is 14.2 Å². The molecule has 0 radical (unpaired) electrons. The van der Waals surface area contributed by atoms with Gasteiger partial charge in [-0.25, -0.2) is 14.2 Å². The van der Waals surface area contributed by atoms with E-state index >= 15 is 0 Å². The summed E-state index contributed by atoms with van der Waals surface area (Å²) in [4.78, 5) is 38.5. The van der Waals surface area contributed by atoms with Crippen molar-refractivity contribution in [3.8, 4) is 0 Å². The van der Waals surface area contributed by atoms with Gasteiger partial charge in [0.15, 0.2) is 0 Å². The Hall–Kier alpha value is -1.72. The van der Waals surface area contributed by atoms with E-state index in [1.54, 1.807) is 0 Å². The molecule has 1 amide bonds. The number of anilines is 1. The number of carbonyl (C=O) groups excluding carboxylic acids is 2. The highest BCUT2D eigenvalue weighted by atomic mass is 32.2. The van der Waals surface area contributed by atoms with Gasteiger partial charge in [-0.2, -0.15) is 4.98 Å². The summed E-state index contributed by atoms with van der Waals surface area (Å²) in [5.41, 5.74) is -2.27. The van der Waals surface area contributed by atoms with E-state index < -0.39 is 30.7 Å². The average Bonchev–Trinajstić information content (AvgIpc) is 3.07. The van der Waals surface area contributed by atoms with Crippen LogP contribution in [0.3, 0.4) is 0 Å². The van der Waals surface area contributed by atoms with Crippen LogP contribution in [0.25, 0.3) is 0 Å². The first-order chi connectivity index (χ1) is 12.3. The Labute approximate surface area is 152 Å². The molecule has 1 N–H and O–H groups in total. The number of rotatable bonds is 7. The second kappa shape index (κ2) is 8.78. The summed E-state index contributed by atoms with van der Waals surface area (Å²) in [7, 11) is -1.80. The third-order valence-electron chi connectivity index (χ3n) is 3.23. The highest BCUT2D eigenvalue weighted by Gasteiger charge is 2.36. The molecule has 1 aromatic heterocycles. The standard InChI is InChI=1S/C13H18N3O8PS/c1-8(17)14-9-4-5-16(12(18)15-9)10-7-26-11(24-10)6-23-13(19)25(20,21-2)22-3/h4-5,10-11H,6-7H2,1-3H3,(H,14,15,17,18). The van der Waals surface area contributed by atoms with E-state index in [1.807, 2.05) is 0 Å². The van der Waals surface area contributed by atoms with Crippen LogP contribution in [0.5, 0.6) is 0 Å². The summed E-state index contributed by atoms with van der Waals surface area (Å²) in [6, 6.07) is 1.47. The minimum absolute atomic E-state index is 0.143. The summed E-state index contributed by atoms with van der Waals surface area (Å²) >= 11 is 1.31. The lowest BCUT2D eigenvalue weighted by molar-refractivity contribution is -0.114. The average molecular weight is 407 g/mol.